The van der Waals surface area contributed by atoms with Crippen LogP contribution in [0.1, 0.15) is 32.6 Å². The van der Waals surface area contributed by atoms with Gasteiger partial charge in [-0.25, -0.2) is 0 Å². The van der Waals surface area contributed by atoms with E-state index in [1.807, 2.05) is 36.4 Å². The molecule has 5 nitrogen and oxygen atoms in total. The summed E-state index contributed by atoms with van der Waals surface area (Å²) in [7, 11) is -2.17. The molecule has 0 heterocycles. The first kappa shape index (κ1) is 20.5. The lowest BCUT2D eigenvalue weighted by atomic mass is 9.70. The fourth-order valence-corrected chi connectivity index (χ4v) is 4.55. The standard InChI is InChI=1S/C22H27O5P/c1-3-22(15-10-16-24-2)17-21(18-22)27-28(23,25-19-11-6-4-7-12-19)26-20-13-8-5-9-14-20/h4-9,11-14,17H,3,10,15-16,18H2,1-2H3/t22-/m0/s1. The molecule has 3 rings (SSSR count). The van der Waals surface area contributed by atoms with Gasteiger partial charge in [-0.05, 0) is 55.0 Å². The molecule has 0 unspecified atom stereocenters. The molecule has 0 saturated heterocycles. The minimum Gasteiger partial charge on any atom is -0.391 e. The van der Waals surface area contributed by atoms with E-state index in [1.54, 1.807) is 31.4 Å². The van der Waals surface area contributed by atoms with Crippen molar-refractivity contribution < 1.29 is 22.9 Å². The van der Waals surface area contributed by atoms with Gasteiger partial charge in [0.15, 0.2) is 0 Å². The molecule has 2 aromatic rings. The SMILES string of the molecule is CC[C@]1(CCCOC)C=C(OP(=O)(Oc2ccccc2)Oc2ccccc2)C1. The predicted octanol–water partition coefficient (Wildman–Crippen LogP) is 6.38. The highest BCUT2D eigenvalue weighted by Crippen LogP contribution is 2.56. The minimum absolute atomic E-state index is 0.0676. The second-order valence-corrected chi connectivity index (χ2v) is 8.39. The zero-order valence-electron chi connectivity index (χ0n) is 16.4. The van der Waals surface area contributed by atoms with Crippen LogP contribution in [0.3, 0.4) is 0 Å². The molecule has 0 amide bonds. The van der Waals surface area contributed by atoms with E-state index in [4.69, 9.17) is 18.3 Å². The van der Waals surface area contributed by atoms with Crippen molar-refractivity contribution in [2.45, 2.75) is 32.6 Å². The molecule has 0 fully saturated rings. The van der Waals surface area contributed by atoms with Gasteiger partial charge >= 0.3 is 7.82 Å². The van der Waals surface area contributed by atoms with E-state index in [0.717, 1.165) is 25.9 Å². The third kappa shape index (κ3) is 5.40. The lowest BCUT2D eigenvalue weighted by molar-refractivity contribution is 0.150. The Morgan fingerprint density at radius 3 is 1.93 bits per heavy atom. The average molecular weight is 402 g/mol. The van der Waals surface area contributed by atoms with Crippen LogP contribution in [-0.2, 0) is 13.8 Å². The minimum atomic E-state index is -3.88. The summed E-state index contributed by atoms with van der Waals surface area (Å²) in [5.74, 6) is 1.52. The molecule has 0 spiro atoms. The van der Waals surface area contributed by atoms with E-state index in [0.29, 0.717) is 23.7 Å². The van der Waals surface area contributed by atoms with E-state index in [2.05, 4.69) is 13.0 Å². The topological polar surface area (TPSA) is 54.0 Å². The summed E-state index contributed by atoms with van der Waals surface area (Å²) < 4.78 is 35.7. The van der Waals surface area contributed by atoms with E-state index >= 15 is 0 Å². The van der Waals surface area contributed by atoms with Crippen LogP contribution >= 0.6 is 7.82 Å². The largest absolute Gasteiger partial charge is 0.646 e. The van der Waals surface area contributed by atoms with Crippen LogP contribution in [0, 0.1) is 5.41 Å². The molecule has 150 valence electrons. The maximum absolute atomic E-state index is 13.4. The second kappa shape index (κ2) is 9.31. The van der Waals surface area contributed by atoms with Crippen LogP contribution in [-0.4, -0.2) is 13.7 Å². The highest BCUT2D eigenvalue weighted by molar-refractivity contribution is 7.49. The van der Waals surface area contributed by atoms with E-state index in [9.17, 15) is 4.57 Å². The van der Waals surface area contributed by atoms with Gasteiger partial charge in [-0.15, -0.1) is 0 Å². The average Bonchev–Trinajstić information content (AvgIpc) is 2.67. The van der Waals surface area contributed by atoms with Crippen molar-refractivity contribution in [3.05, 3.63) is 72.5 Å². The lowest BCUT2D eigenvalue weighted by Crippen LogP contribution is -2.28. The zero-order chi connectivity index (χ0) is 19.9. The van der Waals surface area contributed by atoms with Gasteiger partial charge in [-0.1, -0.05) is 43.3 Å². The molecule has 0 N–H and O–H groups in total. The first-order valence-corrected chi connectivity index (χ1v) is 11.0. The van der Waals surface area contributed by atoms with Crippen molar-refractivity contribution in [1.82, 2.24) is 0 Å². The van der Waals surface area contributed by atoms with Crippen molar-refractivity contribution in [3.63, 3.8) is 0 Å². The van der Waals surface area contributed by atoms with Gasteiger partial charge in [0.25, 0.3) is 0 Å². The summed E-state index contributed by atoms with van der Waals surface area (Å²) in [6.45, 7) is 2.89. The third-order valence-corrected chi connectivity index (χ3v) is 6.20. The molecular weight excluding hydrogens is 375 g/mol. The first-order chi connectivity index (χ1) is 13.6. The quantitative estimate of drug-likeness (QED) is 0.322. The van der Waals surface area contributed by atoms with E-state index in [1.165, 1.54) is 0 Å². The summed E-state index contributed by atoms with van der Waals surface area (Å²) >= 11 is 0. The van der Waals surface area contributed by atoms with Gasteiger partial charge in [0, 0.05) is 20.1 Å². The van der Waals surface area contributed by atoms with E-state index in [-0.39, 0.29) is 5.41 Å². The van der Waals surface area contributed by atoms with Gasteiger partial charge in [-0.2, -0.15) is 4.57 Å². The zero-order valence-corrected chi connectivity index (χ0v) is 17.3. The maximum atomic E-state index is 13.4. The maximum Gasteiger partial charge on any atom is 0.646 e. The van der Waals surface area contributed by atoms with Crippen LogP contribution in [0.15, 0.2) is 72.5 Å². The van der Waals surface area contributed by atoms with Gasteiger partial charge in [-0.3, -0.25) is 0 Å². The molecule has 2 aromatic carbocycles. The number of benzene rings is 2. The fraction of sp³-hybridized carbons (Fsp3) is 0.364. The number of phosphoric ester groups is 1. The van der Waals surface area contributed by atoms with Crippen LogP contribution in [0.2, 0.25) is 0 Å². The fourth-order valence-electron chi connectivity index (χ4n) is 3.27. The Balaban J connectivity index is 1.74. The molecule has 6 heteroatoms. The number of allylic oxidation sites excluding steroid dienone is 2. The number of ether oxygens (including phenoxy) is 1. The predicted molar refractivity (Wildman–Crippen MR) is 109 cm³/mol. The third-order valence-electron chi connectivity index (χ3n) is 4.87. The number of hydrogen-bond acceptors (Lipinski definition) is 5. The Labute approximate surface area is 166 Å². The molecule has 0 bridgehead atoms. The van der Waals surface area contributed by atoms with Crippen molar-refractivity contribution in [2.75, 3.05) is 13.7 Å². The Kier molecular flexibility index (Phi) is 6.82. The first-order valence-electron chi connectivity index (χ1n) is 9.56. The molecule has 1 aliphatic carbocycles. The number of para-hydroxylation sites is 2. The molecule has 1 atom stereocenters. The number of hydrogen-bond donors (Lipinski definition) is 0. The number of rotatable bonds is 11. The highest BCUT2D eigenvalue weighted by Gasteiger charge is 2.42. The highest BCUT2D eigenvalue weighted by atomic mass is 31.2. The molecular formula is C22H27O5P. The molecule has 28 heavy (non-hydrogen) atoms. The normalized spacial score (nSPS) is 18.7. The summed E-state index contributed by atoms with van der Waals surface area (Å²) in [6.07, 6.45) is 5.75. The molecule has 1 aliphatic rings. The number of phosphoric acid groups is 1. The van der Waals surface area contributed by atoms with Gasteiger partial charge in [0.05, 0.1) is 0 Å². The summed E-state index contributed by atoms with van der Waals surface area (Å²) in [4.78, 5) is 0. The van der Waals surface area contributed by atoms with Crippen molar-refractivity contribution in [2.24, 2.45) is 5.41 Å². The van der Waals surface area contributed by atoms with Crippen LogP contribution < -0.4 is 9.05 Å². The van der Waals surface area contributed by atoms with Gasteiger partial charge in [0.1, 0.15) is 17.3 Å². The van der Waals surface area contributed by atoms with Crippen LogP contribution in [0.4, 0.5) is 0 Å². The van der Waals surface area contributed by atoms with Crippen molar-refractivity contribution >= 4 is 7.82 Å². The van der Waals surface area contributed by atoms with Crippen LogP contribution in [0.5, 0.6) is 11.5 Å². The molecule has 0 saturated carbocycles. The smallest absolute Gasteiger partial charge is 0.391 e. The van der Waals surface area contributed by atoms with Gasteiger partial charge < -0.3 is 18.3 Å². The Hall–Kier alpha value is -2.23. The van der Waals surface area contributed by atoms with Crippen molar-refractivity contribution in [3.8, 4) is 11.5 Å². The Morgan fingerprint density at radius 2 is 1.46 bits per heavy atom. The molecule has 0 radical (unpaired) electrons. The summed E-state index contributed by atoms with van der Waals surface area (Å²) in [5.41, 5.74) is 0.0676. The lowest BCUT2D eigenvalue weighted by Gasteiger charge is -2.39. The van der Waals surface area contributed by atoms with Crippen LogP contribution in [0.25, 0.3) is 0 Å². The van der Waals surface area contributed by atoms with E-state index < -0.39 is 7.82 Å². The van der Waals surface area contributed by atoms with Gasteiger partial charge in [0.2, 0.25) is 0 Å². The molecule has 0 aliphatic heterocycles. The monoisotopic (exact) mass is 402 g/mol. The van der Waals surface area contributed by atoms with Crippen molar-refractivity contribution in [1.29, 1.82) is 0 Å². The second-order valence-electron chi connectivity index (χ2n) is 6.95. The summed E-state index contributed by atoms with van der Waals surface area (Å²) in [6, 6.07) is 17.8. The molecule has 0 aromatic heterocycles. The Bertz CT molecular complexity index is 776. The summed E-state index contributed by atoms with van der Waals surface area (Å²) in [5, 5.41) is 0. The number of methoxy groups -OCH3 is 1. The Morgan fingerprint density at radius 1 is 0.929 bits per heavy atom.